The van der Waals surface area contributed by atoms with Gasteiger partial charge in [0.25, 0.3) is 0 Å². The quantitative estimate of drug-likeness (QED) is 0.768. The molecule has 0 saturated carbocycles. The van der Waals surface area contributed by atoms with Crippen LogP contribution < -0.4 is 5.32 Å². The van der Waals surface area contributed by atoms with Gasteiger partial charge in [-0.25, -0.2) is 0 Å². The van der Waals surface area contributed by atoms with Gasteiger partial charge in [-0.2, -0.15) is 0 Å². The van der Waals surface area contributed by atoms with Crippen LogP contribution in [0.15, 0.2) is 17.5 Å². The molecule has 1 N–H and O–H groups in total. The van der Waals surface area contributed by atoms with E-state index < -0.39 is 0 Å². The van der Waals surface area contributed by atoms with Gasteiger partial charge >= 0.3 is 0 Å². The first-order chi connectivity index (χ1) is 7.18. The number of rotatable bonds is 6. The molecule has 0 aliphatic heterocycles. The van der Waals surface area contributed by atoms with Crippen molar-refractivity contribution in [3.05, 3.63) is 22.4 Å². The Morgan fingerprint density at radius 1 is 1.67 bits per heavy atom. The van der Waals surface area contributed by atoms with Crippen molar-refractivity contribution < 1.29 is 4.79 Å². The van der Waals surface area contributed by atoms with Gasteiger partial charge in [0.15, 0.2) is 0 Å². The standard InChI is InChI=1S/C11H16ClNOS/c1-9(12)8-13-11(14)6-2-4-10-5-3-7-15-10/h3,5,7,9H,2,4,6,8H2,1H3,(H,13,14). The second kappa shape index (κ2) is 6.85. The monoisotopic (exact) mass is 245 g/mol. The summed E-state index contributed by atoms with van der Waals surface area (Å²) in [6.45, 7) is 2.42. The number of hydrogen-bond acceptors (Lipinski definition) is 2. The van der Waals surface area contributed by atoms with Crippen molar-refractivity contribution in [2.24, 2.45) is 0 Å². The summed E-state index contributed by atoms with van der Waals surface area (Å²) < 4.78 is 0. The molecule has 2 nitrogen and oxygen atoms in total. The van der Waals surface area contributed by atoms with Crippen molar-refractivity contribution in [1.82, 2.24) is 5.32 Å². The summed E-state index contributed by atoms with van der Waals surface area (Å²) in [5.41, 5.74) is 0. The minimum absolute atomic E-state index is 0.00578. The lowest BCUT2D eigenvalue weighted by atomic mass is 10.2. The third kappa shape index (κ3) is 5.80. The maximum absolute atomic E-state index is 11.3. The number of amides is 1. The van der Waals surface area contributed by atoms with Crippen LogP contribution in [0.4, 0.5) is 0 Å². The van der Waals surface area contributed by atoms with Gasteiger partial charge < -0.3 is 5.32 Å². The van der Waals surface area contributed by atoms with E-state index in [2.05, 4.69) is 16.8 Å². The zero-order valence-electron chi connectivity index (χ0n) is 8.83. The SMILES string of the molecule is CC(Cl)CNC(=O)CCCc1cccs1. The van der Waals surface area contributed by atoms with E-state index in [0.29, 0.717) is 13.0 Å². The summed E-state index contributed by atoms with van der Waals surface area (Å²) in [6, 6.07) is 4.14. The highest BCUT2D eigenvalue weighted by Gasteiger charge is 2.03. The number of alkyl halides is 1. The Hall–Kier alpha value is -0.540. The topological polar surface area (TPSA) is 29.1 Å². The lowest BCUT2D eigenvalue weighted by molar-refractivity contribution is -0.121. The molecule has 84 valence electrons. The molecule has 0 fully saturated rings. The molecule has 4 heteroatoms. The van der Waals surface area contributed by atoms with Gasteiger partial charge in [-0.3, -0.25) is 4.79 Å². The van der Waals surface area contributed by atoms with Crippen molar-refractivity contribution in [2.75, 3.05) is 6.54 Å². The Morgan fingerprint density at radius 2 is 2.47 bits per heavy atom. The van der Waals surface area contributed by atoms with E-state index >= 15 is 0 Å². The van der Waals surface area contributed by atoms with E-state index in [1.165, 1.54) is 4.88 Å². The fraction of sp³-hybridized carbons (Fsp3) is 0.545. The summed E-state index contributed by atoms with van der Waals surface area (Å²) in [4.78, 5) is 12.7. The summed E-state index contributed by atoms with van der Waals surface area (Å²) in [6.07, 6.45) is 2.48. The van der Waals surface area contributed by atoms with E-state index in [4.69, 9.17) is 11.6 Å². The second-order valence-corrected chi connectivity index (χ2v) is 5.30. The fourth-order valence-electron chi connectivity index (χ4n) is 1.22. The van der Waals surface area contributed by atoms with Crippen molar-refractivity contribution in [1.29, 1.82) is 0 Å². The molecule has 0 bridgehead atoms. The number of hydrogen-bond donors (Lipinski definition) is 1. The maximum Gasteiger partial charge on any atom is 0.220 e. The van der Waals surface area contributed by atoms with Crippen molar-refractivity contribution in [2.45, 2.75) is 31.6 Å². The second-order valence-electron chi connectivity index (χ2n) is 3.52. The first kappa shape index (κ1) is 12.5. The van der Waals surface area contributed by atoms with Crippen LogP contribution in [-0.4, -0.2) is 17.8 Å². The van der Waals surface area contributed by atoms with Gasteiger partial charge in [0.2, 0.25) is 5.91 Å². The maximum atomic E-state index is 11.3. The van der Waals surface area contributed by atoms with Crippen molar-refractivity contribution in [3.63, 3.8) is 0 Å². The third-order valence-electron chi connectivity index (χ3n) is 1.99. The fourth-order valence-corrected chi connectivity index (χ4v) is 2.05. The van der Waals surface area contributed by atoms with Gasteiger partial charge in [0.1, 0.15) is 0 Å². The Balaban J connectivity index is 2.07. The van der Waals surface area contributed by atoms with Crippen molar-refractivity contribution in [3.8, 4) is 0 Å². The zero-order valence-corrected chi connectivity index (χ0v) is 10.4. The lowest BCUT2D eigenvalue weighted by Gasteiger charge is -2.05. The predicted octanol–water partition coefficient (Wildman–Crippen LogP) is 2.81. The molecule has 0 aliphatic rings. The Bertz CT molecular complexity index is 285. The number of aryl methyl sites for hydroxylation is 1. The van der Waals surface area contributed by atoms with Gasteiger partial charge in [-0.05, 0) is 31.2 Å². The van der Waals surface area contributed by atoms with Gasteiger partial charge in [0.05, 0.1) is 0 Å². The van der Waals surface area contributed by atoms with Crippen LogP contribution in [0.25, 0.3) is 0 Å². The lowest BCUT2D eigenvalue weighted by Crippen LogP contribution is -2.28. The summed E-state index contributed by atoms with van der Waals surface area (Å²) >= 11 is 7.46. The Kier molecular flexibility index (Phi) is 5.73. The van der Waals surface area contributed by atoms with Crippen LogP contribution >= 0.6 is 22.9 Å². The molecule has 1 aromatic heterocycles. The van der Waals surface area contributed by atoms with Crippen LogP contribution in [0.3, 0.4) is 0 Å². The van der Waals surface area contributed by atoms with Crippen molar-refractivity contribution >= 4 is 28.8 Å². The molecule has 0 radical (unpaired) electrons. The summed E-state index contributed by atoms with van der Waals surface area (Å²) in [5.74, 6) is 0.0963. The molecule has 0 saturated heterocycles. The number of carbonyl (C=O) groups excluding carboxylic acids is 1. The summed E-state index contributed by atoms with van der Waals surface area (Å²) in [5, 5.41) is 4.86. The average molecular weight is 246 g/mol. The molecule has 1 aromatic rings. The zero-order chi connectivity index (χ0) is 11.1. The molecule has 1 atom stereocenters. The molecule has 1 unspecified atom stereocenters. The summed E-state index contributed by atoms with van der Waals surface area (Å²) in [7, 11) is 0. The Morgan fingerprint density at radius 3 is 3.07 bits per heavy atom. The molecule has 15 heavy (non-hydrogen) atoms. The molecule has 1 amide bonds. The first-order valence-electron chi connectivity index (χ1n) is 5.11. The normalized spacial score (nSPS) is 12.4. The minimum Gasteiger partial charge on any atom is -0.355 e. The van der Waals surface area contributed by atoms with E-state index in [9.17, 15) is 4.79 Å². The molecule has 0 aliphatic carbocycles. The molecular weight excluding hydrogens is 230 g/mol. The number of halogens is 1. The van der Waals surface area contributed by atoms with Crippen LogP contribution in [0.1, 0.15) is 24.6 Å². The average Bonchev–Trinajstić information content (AvgIpc) is 2.67. The highest BCUT2D eigenvalue weighted by atomic mass is 35.5. The van der Waals surface area contributed by atoms with Gasteiger partial charge in [0, 0.05) is 23.2 Å². The van der Waals surface area contributed by atoms with Crippen LogP contribution in [0.5, 0.6) is 0 Å². The van der Waals surface area contributed by atoms with E-state index in [1.807, 2.05) is 13.0 Å². The molecule has 0 aromatic carbocycles. The first-order valence-corrected chi connectivity index (χ1v) is 6.43. The number of thiophene rings is 1. The molecular formula is C11H16ClNOS. The van der Waals surface area contributed by atoms with E-state index in [0.717, 1.165) is 12.8 Å². The highest BCUT2D eigenvalue weighted by Crippen LogP contribution is 2.11. The Labute approximate surface area is 99.6 Å². The largest absolute Gasteiger partial charge is 0.355 e. The van der Waals surface area contributed by atoms with E-state index in [-0.39, 0.29) is 11.3 Å². The van der Waals surface area contributed by atoms with Crippen LogP contribution in [0.2, 0.25) is 0 Å². The van der Waals surface area contributed by atoms with Crippen LogP contribution in [0, 0.1) is 0 Å². The molecule has 1 rings (SSSR count). The van der Waals surface area contributed by atoms with Crippen LogP contribution in [-0.2, 0) is 11.2 Å². The number of carbonyl (C=O) groups is 1. The van der Waals surface area contributed by atoms with Gasteiger partial charge in [-0.1, -0.05) is 6.07 Å². The van der Waals surface area contributed by atoms with Gasteiger partial charge in [-0.15, -0.1) is 22.9 Å². The highest BCUT2D eigenvalue weighted by molar-refractivity contribution is 7.09. The smallest absolute Gasteiger partial charge is 0.220 e. The van der Waals surface area contributed by atoms with E-state index in [1.54, 1.807) is 11.3 Å². The predicted molar refractivity (Wildman–Crippen MR) is 65.6 cm³/mol. The minimum atomic E-state index is 0.00578. The number of nitrogens with one attached hydrogen (secondary N) is 1. The molecule has 0 spiro atoms. The third-order valence-corrected chi connectivity index (χ3v) is 3.08. The molecule has 1 heterocycles.